The van der Waals surface area contributed by atoms with Crippen molar-refractivity contribution in [2.45, 2.75) is 70.1 Å². The van der Waals surface area contributed by atoms with Gasteiger partial charge in [-0.1, -0.05) is 26.2 Å². The molecule has 172 valence electrons. The van der Waals surface area contributed by atoms with E-state index in [1.807, 2.05) is 17.9 Å². The largest absolute Gasteiger partial charge is 0.483 e. The molecule has 2 N–H and O–H groups in total. The highest BCUT2D eigenvalue weighted by Crippen LogP contribution is 2.54. The molecule has 8 nitrogen and oxygen atoms in total. The van der Waals surface area contributed by atoms with Gasteiger partial charge in [0.15, 0.2) is 0 Å². The normalized spacial score (nSPS) is 33.4. The first kappa shape index (κ1) is 22.3. The van der Waals surface area contributed by atoms with Gasteiger partial charge in [-0.15, -0.1) is 0 Å². The van der Waals surface area contributed by atoms with Crippen molar-refractivity contribution >= 4 is 12.4 Å². The lowest BCUT2D eigenvalue weighted by Gasteiger charge is -2.34. The van der Waals surface area contributed by atoms with Gasteiger partial charge in [-0.25, -0.2) is 0 Å². The summed E-state index contributed by atoms with van der Waals surface area (Å²) in [6, 6.07) is 0. The van der Waals surface area contributed by atoms with Crippen LogP contribution < -0.4 is 5.32 Å². The third-order valence-electron chi connectivity index (χ3n) is 8.02. The van der Waals surface area contributed by atoms with Crippen LogP contribution in [-0.4, -0.2) is 63.5 Å². The fourth-order valence-corrected chi connectivity index (χ4v) is 6.47. The second-order valence-corrected chi connectivity index (χ2v) is 10.2. The number of aryl methyl sites for hydroxylation is 1. The van der Waals surface area contributed by atoms with Crippen molar-refractivity contribution in [2.75, 3.05) is 19.6 Å². The molecule has 3 aliphatic heterocycles. The SMILES string of the molecule is Cn1cc(CN2C[C@@H]3[C@H](CNC(=O)C4(C)CCCCC4)[C@H]4CC[C@]3(C2)O4)cn1.O=CO. The molecule has 1 aliphatic carbocycles. The van der Waals surface area contributed by atoms with Crippen LogP contribution in [0.5, 0.6) is 0 Å². The van der Waals surface area contributed by atoms with Crippen molar-refractivity contribution in [2.24, 2.45) is 24.3 Å². The van der Waals surface area contributed by atoms with E-state index in [1.54, 1.807) is 0 Å². The Morgan fingerprint density at radius 2 is 2.10 bits per heavy atom. The average Bonchev–Trinajstić information content (AvgIpc) is 3.48. The van der Waals surface area contributed by atoms with Gasteiger partial charge in [-0.05, 0) is 25.7 Å². The molecule has 0 radical (unpaired) electrons. The third-order valence-corrected chi connectivity index (χ3v) is 8.02. The molecular weight excluding hydrogens is 396 g/mol. The Morgan fingerprint density at radius 3 is 2.77 bits per heavy atom. The second-order valence-electron chi connectivity index (χ2n) is 10.2. The molecule has 4 aliphatic rings. The first-order valence-corrected chi connectivity index (χ1v) is 11.6. The first-order valence-electron chi connectivity index (χ1n) is 11.6. The van der Waals surface area contributed by atoms with Gasteiger partial charge in [-0.3, -0.25) is 19.2 Å². The molecule has 1 aromatic rings. The van der Waals surface area contributed by atoms with E-state index in [0.717, 1.165) is 45.4 Å². The van der Waals surface area contributed by atoms with E-state index >= 15 is 0 Å². The summed E-state index contributed by atoms with van der Waals surface area (Å²) >= 11 is 0. The molecule has 4 atom stereocenters. The van der Waals surface area contributed by atoms with E-state index in [2.05, 4.69) is 28.4 Å². The number of nitrogens with one attached hydrogen (secondary N) is 1. The molecule has 0 unspecified atom stereocenters. The van der Waals surface area contributed by atoms with Crippen LogP contribution in [0.2, 0.25) is 0 Å². The molecule has 2 bridgehead atoms. The van der Waals surface area contributed by atoms with E-state index in [1.165, 1.54) is 31.2 Å². The van der Waals surface area contributed by atoms with Gasteiger partial charge in [0.2, 0.25) is 5.91 Å². The molecular formula is C23H36N4O4. The van der Waals surface area contributed by atoms with Crippen molar-refractivity contribution in [1.29, 1.82) is 0 Å². The molecule has 8 heteroatoms. The zero-order valence-corrected chi connectivity index (χ0v) is 18.8. The molecule has 4 fully saturated rings. The Labute approximate surface area is 184 Å². The van der Waals surface area contributed by atoms with Crippen LogP contribution in [0.25, 0.3) is 0 Å². The topological polar surface area (TPSA) is 96.7 Å². The second kappa shape index (κ2) is 8.90. The van der Waals surface area contributed by atoms with Gasteiger partial charge in [0.25, 0.3) is 6.47 Å². The van der Waals surface area contributed by atoms with Crippen LogP contribution in [0.4, 0.5) is 0 Å². The van der Waals surface area contributed by atoms with Gasteiger partial charge in [0.1, 0.15) is 0 Å². The molecule has 31 heavy (non-hydrogen) atoms. The van der Waals surface area contributed by atoms with Crippen molar-refractivity contribution in [3.63, 3.8) is 0 Å². The van der Waals surface area contributed by atoms with E-state index in [9.17, 15) is 4.79 Å². The van der Waals surface area contributed by atoms with Crippen LogP contribution in [0.3, 0.4) is 0 Å². The predicted molar refractivity (Wildman–Crippen MR) is 115 cm³/mol. The lowest BCUT2D eigenvalue weighted by atomic mass is 9.73. The Balaban J connectivity index is 0.000000730. The lowest BCUT2D eigenvalue weighted by Crippen LogP contribution is -2.46. The summed E-state index contributed by atoms with van der Waals surface area (Å²) in [5.41, 5.74) is 1.14. The minimum absolute atomic E-state index is 0.0248. The number of rotatable bonds is 5. The predicted octanol–water partition coefficient (Wildman–Crippen LogP) is 2.19. The Kier molecular flexibility index (Phi) is 6.40. The maximum Gasteiger partial charge on any atom is 0.290 e. The van der Waals surface area contributed by atoms with Crippen LogP contribution in [0.1, 0.15) is 57.4 Å². The Morgan fingerprint density at radius 1 is 1.35 bits per heavy atom. The number of hydrogen-bond acceptors (Lipinski definition) is 5. The quantitative estimate of drug-likeness (QED) is 0.693. The van der Waals surface area contributed by atoms with E-state index < -0.39 is 0 Å². The van der Waals surface area contributed by atoms with E-state index in [0.29, 0.717) is 17.9 Å². The van der Waals surface area contributed by atoms with Crippen LogP contribution in [0.15, 0.2) is 12.4 Å². The minimum atomic E-state index is -0.250. The molecule has 1 aromatic heterocycles. The minimum Gasteiger partial charge on any atom is -0.483 e. The fourth-order valence-electron chi connectivity index (χ4n) is 6.47. The van der Waals surface area contributed by atoms with E-state index in [-0.39, 0.29) is 23.4 Å². The van der Waals surface area contributed by atoms with Gasteiger partial charge in [0.05, 0.1) is 17.9 Å². The number of aromatic nitrogens is 2. The third kappa shape index (κ3) is 4.37. The first-order chi connectivity index (χ1) is 14.9. The van der Waals surface area contributed by atoms with Crippen LogP contribution >= 0.6 is 0 Å². The standard InChI is InChI=1S/C22H34N4O2.CH2O2/c1-21(7-4-3-5-8-21)20(27)23-11-17-18-14-26(13-16-10-24-25(2)12-16)15-22(18)9-6-19(17)28-22;2-1-3/h10,12,17-19H,3-9,11,13-15H2,1-2H3,(H,23,27);1H,(H,2,3)/t17-,18+,19+,22+;/m0./s1. The molecule has 1 saturated carbocycles. The summed E-state index contributed by atoms with van der Waals surface area (Å²) in [7, 11) is 1.97. The number of fused-ring (bicyclic) bond motifs is 1. The van der Waals surface area contributed by atoms with Gasteiger partial charge in [-0.2, -0.15) is 5.10 Å². The van der Waals surface area contributed by atoms with Crippen molar-refractivity contribution in [1.82, 2.24) is 20.0 Å². The van der Waals surface area contributed by atoms with Crippen molar-refractivity contribution in [3.8, 4) is 0 Å². The highest BCUT2D eigenvalue weighted by Gasteiger charge is 2.62. The molecule has 5 rings (SSSR count). The number of hydrogen-bond donors (Lipinski definition) is 2. The Bertz CT molecular complexity index is 790. The number of ether oxygens (including phenoxy) is 1. The highest BCUT2D eigenvalue weighted by atomic mass is 16.5. The summed E-state index contributed by atoms with van der Waals surface area (Å²) in [5, 5.41) is 14.5. The summed E-state index contributed by atoms with van der Waals surface area (Å²) in [4.78, 5) is 23.8. The number of carboxylic acid groups (broad SMARTS) is 1. The summed E-state index contributed by atoms with van der Waals surface area (Å²) in [6.45, 7) is 5.73. The Hall–Kier alpha value is -1.93. The summed E-state index contributed by atoms with van der Waals surface area (Å²) < 4.78 is 8.43. The highest BCUT2D eigenvalue weighted by molar-refractivity contribution is 5.82. The number of likely N-dealkylation sites (tertiary alicyclic amines) is 1. The maximum absolute atomic E-state index is 12.9. The molecule has 3 saturated heterocycles. The number of nitrogens with zero attached hydrogens (tertiary/aromatic N) is 3. The maximum atomic E-state index is 12.9. The zero-order valence-electron chi connectivity index (χ0n) is 18.8. The molecule has 1 amide bonds. The lowest BCUT2D eigenvalue weighted by molar-refractivity contribution is -0.132. The average molecular weight is 433 g/mol. The monoisotopic (exact) mass is 432 g/mol. The van der Waals surface area contributed by atoms with Crippen LogP contribution in [-0.2, 0) is 27.9 Å². The van der Waals surface area contributed by atoms with Crippen molar-refractivity contribution < 1.29 is 19.4 Å². The molecule has 0 aromatic carbocycles. The summed E-state index contributed by atoms with van der Waals surface area (Å²) in [6.07, 6.45) is 12.5. The number of amides is 1. The zero-order chi connectivity index (χ0) is 22.1. The molecule has 1 spiro atoms. The molecule has 4 heterocycles. The van der Waals surface area contributed by atoms with Crippen molar-refractivity contribution in [3.05, 3.63) is 18.0 Å². The number of carbonyl (C=O) groups excluding carboxylic acids is 1. The van der Waals surface area contributed by atoms with Gasteiger partial charge >= 0.3 is 0 Å². The van der Waals surface area contributed by atoms with Gasteiger partial charge in [0, 0.05) is 62.2 Å². The van der Waals surface area contributed by atoms with Crippen LogP contribution in [0, 0.1) is 17.3 Å². The fraction of sp³-hybridized carbons (Fsp3) is 0.783. The smallest absolute Gasteiger partial charge is 0.290 e. The summed E-state index contributed by atoms with van der Waals surface area (Å²) in [5.74, 6) is 1.28. The van der Waals surface area contributed by atoms with Gasteiger partial charge < -0.3 is 15.2 Å². The van der Waals surface area contributed by atoms with E-state index in [4.69, 9.17) is 14.6 Å². The number of carbonyl (C=O) groups is 2.